The van der Waals surface area contributed by atoms with Gasteiger partial charge in [0.1, 0.15) is 0 Å². The van der Waals surface area contributed by atoms with Gasteiger partial charge in [-0.1, -0.05) is 18.6 Å². The molecule has 0 saturated heterocycles. The van der Waals surface area contributed by atoms with E-state index in [9.17, 15) is 0 Å². The van der Waals surface area contributed by atoms with Crippen molar-refractivity contribution >= 4 is 6.72 Å². The fourth-order valence-electron chi connectivity index (χ4n) is 0.429. The average molecular weight is 126 g/mol. The van der Waals surface area contributed by atoms with Crippen molar-refractivity contribution in [2.45, 2.75) is 20.3 Å². The summed E-state index contributed by atoms with van der Waals surface area (Å²) in [6.07, 6.45) is 3.22. The topological polar surface area (TPSA) is 24.4 Å². The zero-order valence-corrected chi connectivity index (χ0v) is 6.15. The van der Waals surface area contributed by atoms with Crippen LogP contribution in [0.25, 0.3) is 0 Å². The summed E-state index contributed by atoms with van der Waals surface area (Å²) in [6.45, 7) is 8.32. The molecule has 9 heavy (non-hydrogen) atoms. The zero-order chi connectivity index (χ0) is 7.11. The lowest BCUT2D eigenvalue weighted by atomic mass is 10.2. The van der Waals surface area contributed by atoms with Crippen LogP contribution in [0.5, 0.6) is 0 Å². The minimum absolute atomic E-state index is 0.795. The van der Waals surface area contributed by atoms with E-state index in [1.165, 1.54) is 5.57 Å². The summed E-state index contributed by atoms with van der Waals surface area (Å²) >= 11 is 0. The lowest BCUT2D eigenvalue weighted by Crippen LogP contribution is -2.03. The fourth-order valence-corrected chi connectivity index (χ4v) is 0.429. The minimum atomic E-state index is 0.795. The Kier molecular flexibility index (Phi) is 4.88. The summed E-state index contributed by atoms with van der Waals surface area (Å²) < 4.78 is 0. The predicted octanol–water partition coefficient (Wildman–Crippen LogP) is 1.55. The quantitative estimate of drug-likeness (QED) is 0.263. The SMILES string of the molecule is C=NNC/C=C(/C)CC. The Labute approximate surface area is 56.7 Å². The van der Waals surface area contributed by atoms with E-state index in [0.29, 0.717) is 0 Å². The van der Waals surface area contributed by atoms with Gasteiger partial charge in [0.25, 0.3) is 0 Å². The predicted molar refractivity (Wildman–Crippen MR) is 41.6 cm³/mol. The van der Waals surface area contributed by atoms with Crippen molar-refractivity contribution in [1.82, 2.24) is 5.43 Å². The third-order valence-corrected chi connectivity index (χ3v) is 1.21. The number of hydrogen-bond donors (Lipinski definition) is 1. The van der Waals surface area contributed by atoms with Gasteiger partial charge in [0, 0.05) is 6.72 Å². The molecule has 0 aliphatic carbocycles. The highest BCUT2D eigenvalue weighted by atomic mass is 15.3. The molecule has 52 valence electrons. The third-order valence-electron chi connectivity index (χ3n) is 1.21. The molecule has 0 rings (SSSR count). The Balaban J connectivity index is 3.31. The summed E-state index contributed by atoms with van der Waals surface area (Å²) in [6, 6.07) is 0. The minimum Gasteiger partial charge on any atom is -0.307 e. The Morgan fingerprint density at radius 1 is 1.78 bits per heavy atom. The third kappa shape index (κ3) is 5.07. The van der Waals surface area contributed by atoms with Gasteiger partial charge in [-0.15, -0.1) is 0 Å². The molecule has 0 fully saturated rings. The van der Waals surface area contributed by atoms with E-state index in [-0.39, 0.29) is 0 Å². The fraction of sp³-hybridized carbons (Fsp3) is 0.571. The van der Waals surface area contributed by atoms with Gasteiger partial charge in [-0.3, -0.25) is 0 Å². The molecule has 0 bridgehead atoms. The van der Waals surface area contributed by atoms with Crippen LogP contribution >= 0.6 is 0 Å². The van der Waals surface area contributed by atoms with E-state index in [1.807, 2.05) is 0 Å². The van der Waals surface area contributed by atoms with Crippen LogP contribution in [0, 0.1) is 0 Å². The highest BCUT2D eigenvalue weighted by Crippen LogP contribution is 1.94. The molecule has 1 N–H and O–H groups in total. The number of hydrogen-bond acceptors (Lipinski definition) is 2. The maximum absolute atomic E-state index is 3.50. The Morgan fingerprint density at radius 3 is 2.89 bits per heavy atom. The lowest BCUT2D eigenvalue weighted by molar-refractivity contribution is 0.826. The Hall–Kier alpha value is -0.790. The molecule has 0 amide bonds. The molecular formula is C7H14N2. The Morgan fingerprint density at radius 2 is 2.44 bits per heavy atom. The lowest BCUT2D eigenvalue weighted by Gasteiger charge is -1.94. The van der Waals surface area contributed by atoms with E-state index in [4.69, 9.17) is 0 Å². The van der Waals surface area contributed by atoms with Crippen LogP contribution in [-0.4, -0.2) is 13.3 Å². The number of nitrogens with one attached hydrogen (secondary N) is 1. The molecule has 2 heteroatoms. The molecule has 0 saturated carbocycles. The number of nitrogens with zero attached hydrogens (tertiary/aromatic N) is 1. The monoisotopic (exact) mass is 126 g/mol. The summed E-state index contributed by atoms with van der Waals surface area (Å²) in [5.74, 6) is 0. The molecule has 0 aliphatic heterocycles. The molecular weight excluding hydrogens is 112 g/mol. The van der Waals surface area contributed by atoms with Crippen molar-refractivity contribution in [3.05, 3.63) is 11.6 Å². The summed E-state index contributed by atoms with van der Waals surface area (Å²) in [5, 5.41) is 3.50. The number of allylic oxidation sites excluding steroid dienone is 1. The largest absolute Gasteiger partial charge is 0.307 e. The van der Waals surface area contributed by atoms with Crippen LogP contribution in [-0.2, 0) is 0 Å². The van der Waals surface area contributed by atoms with Gasteiger partial charge in [0.05, 0.1) is 6.54 Å². The maximum atomic E-state index is 3.50. The first-order valence-corrected chi connectivity index (χ1v) is 3.15. The average Bonchev–Trinajstić information content (AvgIpc) is 1.89. The summed E-state index contributed by atoms with van der Waals surface area (Å²) in [7, 11) is 0. The van der Waals surface area contributed by atoms with E-state index in [0.717, 1.165) is 13.0 Å². The van der Waals surface area contributed by atoms with Crippen molar-refractivity contribution in [3.8, 4) is 0 Å². The number of rotatable bonds is 4. The van der Waals surface area contributed by atoms with Crippen LogP contribution in [0.15, 0.2) is 16.8 Å². The van der Waals surface area contributed by atoms with Gasteiger partial charge < -0.3 is 5.43 Å². The second kappa shape index (κ2) is 5.35. The molecule has 2 nitrogen and oxygen atoms in total. The first-order valence-electron chi connectivity index (χ1n) is 3.15. The standard InChI is InChI=1S/C7H14N2/c1-4-7(2)5-6-9-8-3/h5,9H,3-4,6H2,1-2H3/b7-5-. The molecule has 0 aromatic heterocycles. The van der Waals surface area contributed by atoms with Gasteiger partial charge in [-0.25, -0.2) is 0 Å². The van der Waals surface area contributed by atoms with Crippen molar-refractivity contribution in [2.75, 3.05) is 6.54 Å². The van der Waals surface area contributed by atoms with E-state index in [2.05, 4.69) is 37.2 Å². The van der Waals surface area contributed by atoms with E-state index in [1.54, 1.807) is 0 Å². The molecule has 0 unspecified atom stereocenters. The van der Waals surface area contributed by atoms with Gasteiger partial charge >= 0.3 is 0 Å². The zero-order valence-electron chi connectivity index (χ0n) is 6.15. The Bertz CT molecular complexity index is 105. The first kappa shape index (κ1) is 8.21. The molecule has 0 aromatic rings. The van der Waals surface area contributed by atoms with Crippen LogP contribution in [0.1, 0.15) is 20.3 Å². The van der Waals surface area contributed by atoms with E-state index >= 15 is 0 Å². The highest BCUT2D eigenvalue weighted by molar-refractivity contribution is 5.22. The second-order valence-corrected chi connectivity index (χ2v) is 1.92. The van der Waals surface area contributed by atoms with Gasteiger partial charge in [0.2, 0.25) is 0 Å². The molecule has 0 aliphatic rings. The highest BCUT2D eigenvalue weighted by Gasteiger charge is 1.79. The normalized spacial score (nSPS) is 11.1. The molecule has 0 spiro atoms. The van der Waals surface area contributed by atoms with Crippen molar-refractivity contribution in [3.63, 3.8) is 0 Å². The van der Waals surface area contributed by atoms with Crippen molar-refractivity contribution in [1.29, 1.82) is 0 Å². The van der Waals surface area contributed by atoms with Crippen molar-refractivity contribution in [2.24, 2.45) is 5.10 Å². The molecule has 0 heterocycles. The van der Waals surface area contributed by atoms with Gasteiger partial charge in [-0.05, 0) is 13.3 Å². The van der Waals surface area contributed by atoms with E-state index < -0.39 is 0 Å². The molecule has 0 atom stereocenters. The van der Waals surface area contributed by atoms with Gasteiger partial charge in [-0.2, -0.15) is 5.10 Å². The van der Waals surface area contributed by atoms with Gasteiger partial charge in [0.15, 0.2) is 0 Å². The smallest absolute Gasteiger partial charge is 0.0512 e. The summed E-state index contributed by atoms with van der Waals surface area (Å²) in [4.78, 5) is 0. The van der Waals surface area contributed by atoms with Crippen LogP contribution in [0.4, 0.5) is 0 Å². The van der Waals surface area contributed by atoms with Crippen LogP contribution in [0.2, 0.25) is 0 Å². The van der Waals surface area contributed by atoms with Crippen LogP contribution in [0.3, 0.4) is 0 Å². The maximum Gasteiger partial charge on any atom is 0.0512 e. The molecule has 0 radical (unpaired) electrons. The van der Waals surface area contributed by atoms with Crippen LogP contribution < -0.4 is 5.43 Å². The first-order chi connectivity index (χ1) is 4.31. The second-order valence-electron chi connectivity index (χ2n) is 1.92. The molecule has 0 aromatic carbocycles. The van der Waals surface area contributed by atoms with Crippen molar-refractivity contribution < 1.29 is 0 Å². The summed E-state index contributed by atoms with van der Waals surface area (Å²) in [5.41, 5.74) is 4.13. The number of hydrazone groups is 1.